The molecule has 0 aliphatic carbocycles. The molecule has 0 radical (unpaired) electrons. The molecule has 2 heterocycles. The molecule has 0 saturated carbocycles. The second-order valence-electron chi connectivity index (χ2n) is 10.7. The number of hydrogen-bond acceptors (Lipinski definition) is 4. The summed E-state index contributed by atoms with van der Waals surface area (Å²) in [5, 5.41) is 11.3. The van der Waals surface area contributed by atoms with Crippen molar-refractivity contribution in [1.82, 2.24) is 0 Å². The predicted molar refractivity (Wildman–Crippen MR) is 158 cm³/mol. The van der Waals surface area contributed by atoms with Crippen LogP contribution in [-0.2, 0) is 21.7 Å². The number of rotatable bonds is 7. The molecular formula is C30H34INO4Si. The van der Waals surface area contributed by atoms with Crippen molar-refractivity contribution in [2.24, 2.45) is 5.92 Å². The van der Waals surface area contributed by atoms with Crippen molar-refractivity contribution < 1.29 is 19.4 Å². The van der Waals surface area contributed by atoms with E-state index in [1.54, 1.807) is 7.11 Å². The highest BCUT2D eigenvalue weighted by atomic mass is 127. The fourth-order valence-electron chi connectivity index (χ4n) is 6.61. The third-order valence-electron chi connectivity index (χ3n) is 8.39. The van der Waals surface area contributed by atoms with Crippen molar-refractivity contribution in [2.75, 3.05) is 18.6 Å². The molecule has 4 atom stereocenters. The standard InChI is InChI=1S/C30H34INO4Si/c1-20-28(37(3,4)24-13-11-23(35-2)12-14-24)27(16-17-33)36-30(20)25-18-22(31)10-15-26(25)32(29(30)34)19-21-8-6-5-7-9-21/h5-15,18,20,27-28,33H,16-17,19H2,1-4H3/t20-,27+,28-,30+/m1/s1. The molecule has 0 unspecified atom stereocenters. The van der Waals surface area contributed by atoms with Gasteiger partial charge in [-0.2, -0.15) is 0 Å². The van der Waals surface area contributed by atoms with Gasteiger partial charge in [-0.1, -0.05) is 67.7 Å². The van der Waals surface area contributed by atoms with Gasteiger partial charge in [-0.15, -0.1) is 0 Å². The van der Waals surface area contributed by atoms with E-state index >= 15 is 0 Å². The number of halogens is 1. The third-order valence-corrected chi connectivity index (χ3v) is 13.4. The zero-order chi connectivity index (χ0) is 26.4. The lowest BCUT2D eigenvalue weighted by atomic mass is 9.82. The SMILES string of the molecule is COc1ccc([Si](C)(C)[C@H]2[C@H](CCO)O[C@@]3(C(=O)N(Cc4ccccc4)c4ccc(I)cc43)[C@@H]2C)cc1. The molecule has 7 heteroatoms. The van der Waals surface area contributed by atoms with Gasteiger partial charge in [0.1, 0.15) is 5.75 Å². The lowest BCUT2D eigenvalue weighted by Crippen LogP contribution is -2.51. The van der Waals surface area contributed by atoms with E-state index in [-0.39, 0.29) is 30.1 Å². The molecule has 3 aromatic rings. The number of benzene rings is 3. The van der Waals surface area contributed by atoms with Gasteiger partial charge in [0.05, 0.1) is 33.5 Å². The van der Waals surface area contributed by atoms with Crippen molar-refractivity contribution in [3.63, 3.8) is 0 Å². The summed E-state index contributed by atoms with van der Waals surface area (Å²) >= 11 is 2.32. The quantitative estimate of drug-likeness (QED) is 0.280. The van der Waals surface area contributed by atoms with Crippen molar-refractivity contribution >= 4 is 47.4 Å². The van der Waals surface area contributed by atoms with E-state index in [1.807, 2.05) is 35.2 Å². The van der Waals surface area contributed by atoms with E-state index in [4.69, 9.17) is 9.47 Å². The normalized spacial score (nSPS) is 25.1. The first-order chi connectivity index (χ1) is 17.7. The summed E-state index contributed by atoms with van der Waals surface area (Å²) in [6, 6.07) is 24.7. The van der Waals surface area contributed by atoms with E-state index in [1.165, 1.54) is 5.19 Å². The van der Waals surface area contributed by atoms with Crippen LogP contribution in [0.1, 0.15) is 24.5 Å². The summed E-state index contributed by atoms with van der Waals surface area (Å²) in [6.45, 7) is 7.44. The van der Waals surface area contributed by atoms with E-state index in [0.29, 0.717) is 13.0 Å². The molecule has 5 nitrogen and oxygen atoms in total. The minimum Gasteiger partial charge on any atom is -0.497 e. The van der Waals surface area contributed by atoms with Crippen molar-refractivity contribution in [3.05, 3.63) is 87.5 Å². The Morgan fingerprint density at radius 3 is 2.43 bits per heavy atom. The van der Waals surface area contributed by atoms with Gasteiger partial charge in [0.2, 0.25) is 0 Å². The second-order valence-corrected chi connectivity index (χ2v) is 16.6. The number of amides is 1. The van der Waals surface area contributed by atoms with Crippen molar-refractivity contribution in [1.29, 1.82) is 0 Å². The Hall–Kier alpha value is -2.20. The van der Waals surface area contributed by atoms with E-state index in [2.05, 4.69) is 85.1 Å². The first-order valence-electron chi connectivity index (χ1n) is 12.8. The number of fused-ring (bicyclic) bond motifs is 2. The predicted octanol–water partition coefficient (Wildman–Crippen LogP) is 5.45. The minimum atomic E-state index is -2.16. The monoisotopic (exact) mass is 627 g/mol. The maximum Gasteiger partial charge on any atom is 0.264 e. The maximum absolute atomic E-state index is 14.5. The van der Waals surface area contributed by atoms with Crippen LogP contribution in [0, 0.1) is 9.49 Å². The Labute approximate surface area is 233 Å². The number of hydrogen-bond donors (Lipinski definition) is 1. The summed E-state index contributed by atoms with van der Waals surface area (Å²) in [6.07, 6.45) is 0.296. The zero-order valence-corrected chi connectivity index (χ0v) is 24.9. The van der Waals surface area contributed by atoms with Crippen molar-refractivity contribution in [2.45, 2.75) is 50.2 Å². The van der Waals surface area contributed by atoms with Gasteiger partial charge in [-0.05, 0) is 70.4 Å². The number of carbonyl (C=O) groups is 1. The van der Waals surface area contributed by atoms with Gasteiger partial charge >= 0.3 is 0 Å². The van der Waals surface area contributed by atoms with Crippen LogP contribution in [0.3, 0.4) is 0 Å². The zero-order valence-electron chi connectivity index (χ0n) is 21.8. The lowest BCUT2D eigenvalue weighted by molar-refractivity contribution is -0.146. The molecular weight excluding hydrogens is 593 g/mol. The molecule has 2 aliphatic rings. The maximum atomic E-state index is 14.5. The van der Waals surface area contributed by atoms with E-state index < -0.39 is 13.7 Å². The van der Waals surface area contributed by atoms with Crippen LogP contribution < -0.4 is 14.8 Å². The first-order valence-corrected chi connectivity index (χ1v) is 17.0. The third kappa shape index (κ3) is 4.33. The van der Waals surface area contributed by atoms with Crippen LogP contribution >= 0.6 is 22.6 Å². The second kappa shape index (κ2) is 10.2. The Morgan fingerprint density at radius 1 is 1.08 bits per heavy atom. The van der Waals surface area contributed by atoms with Crippen LogP contribution in [0.25, 0.3) is 0 Å². The molecule has 5 rings (SSSR count). The summed E-state index contributed by atoms with van der Waals surface area (Å²) in [4.78, 5) is 16.4. The van der Waals surface area contributed by atoms with Gasteiger partial charge in [0, 0.05) is 21.7 Å². The molecule has 0 bridgehead atoms. The molecule has 1 fully saturated rings. The lowest BCUT2D eigenvalue weighted by Gasteiger charge is -2.37. The summed E-state index contributed by atoms with van der Waals surface area (Å²) in [7, 11) is -0.486. The number of aliphatic hydroxyl groups excluding tert-OH is 1. The number of carbonyl (C=O) groups excluding carboxylic acids is 1. The topological polar surface area (TPSA) is 59.0 Å². The largest absolute Gasteiger partial charge is 0.497 e. The highest BCUT2D eigenvalue weighted by Gasteiger charge is 2.66. The summed E-state index contributed by atoms with van der Waals surface area (Å²) in [5.41, 5.74) is 2.04. The number of aliphatic hydroxyl groups is 1. The number of nitrogens with zero attached hydrogens (tertiary/aromatic N) is 1. The molecule has 1 saturated heterocycles. The Kier molecular flexibility index (Phi) is 7.26. The average molecular weight is 628 g/mol. The smallest absolute Gasteiger partial charge is 0.264 e. The number of anilines is 1. The van der Waals surface area contributed by atoms with Crippen LogP contribution in [0.15, 0.2) is 72.8 Å². The fourth-order valence-corrected chi connectivity index (χ4v) is 11.2. The van der Waals surface area contributed by atoms with Crippen LogP contribution in [-0.4, -0.2) is 38.9 Å². The van der Waals surface area contributed by atoms with Gasteiger partial charge in [-0.3, -0.25) is 4.79 Å². The van der Waals surface area contributed by atoms with E-state index in [0.717, 1.165) is 26.1 Å². The van der Waals surface area contributed by atoms with Crippen molar-refractivity contribution in [3.8, 4) is 5.75 Å². The summed E-state index contributed by atoms with van der Waals surface area (Å²) in [5.74, 6) is 0.780. The molecule has 2 aliphatic heterocycles. The molecule has 1 spiro atoms. The van der Waals surface area contributed by atoms with Crippen LogP contribution in [0.2, 0.25) is 18.6 Å². The van der Waals surface area contributed by atoms with Gasteiger partial charge < -0.3 is 19.5 Å². The Morgan fingerprint density at radius 2 is 1.78 bits per heavy atom. The first kappa shape index (κ1) is 26.4. The fraction of sp³-hybridized carbons (Fsp3) is 0.367. The van der Waals surface area contributed by atoms with Crippen LogP contribution in [0.4, 0.5) is 5.69 Å². The average Bonchev–Trinajstić information content (AvgIpc) is 3.32. The minimum absolute atomic E-state index is 0.00539. The Balaban J connectivity index is 1.61. The molecule has 1 amide bonds. The highest BCUT2D eigenvalue weighted by molar-refractivity contribution is 14.1. The van der Waals surface area contributed by atoms with E-state index in [9.17, 15) is 9.90 Å². The van der Waals surface area contributed by atoms with Gasteiger partial charge in [-0.25, -0.2) is 0 Å². The Bertz CT molecular complexity index is 1280. The highest BCUT2D eigenvalue weighted by Crippen LogP contribution is 2.60. The molecule has 3 aromatic carbocycles. The number of ether oxygens (including phenoxy) is 2. The summed E-state index contributed by atoms with van der Waals surface area (Å²) < 4.78 is 13.4. The van der Waals surface area contributed by atoms with Gasteiger partial charge in [0.15, 0.2) is 5.60 Å². The molecule has 194 valence electrons. The van der Waals surface area contributed by atoms with Crippen LogP contribution in [0.5, 0.6) is 5.75 Å². The molecule has 1 N–H and O–H groups in total. The molecule has 0 aromatic heterocycles. The molecule has 37 heavy (non-hydrogen) atoms. The number of methoxy groups -OCH3 is 1. The van der Waals surface area contributed by atoms with Gasteiger partial charge in [0.25, 0.3) is 5.91 Å².